The van der Waals surface area contributed by atoms with Gasteiger partial charge in [0.15, 0.2) is 5.13 Å². The van der Waals surface area contributed by atoms with Crippen LogP contribution in [0.3, 0.4) is 0 Å². The van der Waals surface area contributed by atoms with Crippen LogP contribution in [0.25, 0.3) is 6.08 Å². The average Bonchev–Trinajstić information content (AvgIpc) is 3.44. The van der Waals surface area contributed by atoms with Crippen LogP contribution < -0.4 is 15.5 Å². The molecule has 12 nitrogen and oxygen atoms in total. The number of aliphatic carboxylic acids is 1. The van der Waals surface area contributed by atoms with Crippen molar-refractivity contribution in [2.45, 2.75) is 37.8 Å². The number of likely N-dealkylation sites (N-methyl/N-ethyl adjacent to an activating group) is 1. The van der Waals surface area contributed by atoms with Gasteiger partial charge >= 0.3 is 5.97 Å². The van der Waals surface area contributed by atoms with Crippen molar-refractivity contribution in [2.24, 2.45) is 5.16 Å². The first-order chi connectivity index (χ1) is 18.8. The van der Waals surface area contributed by atoms with Crippen LogP contribution in [0.4, 0.5) is 10.8 Å². The van der Waals surface area contributed by atoms with Gasteiger partial charge in [0, 0.05) is 45.6 Å². The van der Waals surface area contributed by atoms with Gasteiger partial charge in [-0.15, -0.1) is 11.8 Å². The van der Waals surface area contributed by atoms with E-state index < -0.39 is 34.8 Å². The second-order valence-corrected chi connectivity index (χ2v) is 13.0. The number of nitrogens with one attached hydrogen (secondary N) is 1. The van der Waals surface area contributed by atoms with E-state index in [0.29, 0.717) is 27.4 Å². The van der Waals surface area contributed by atoms with Gasteiger partial charge in [-0.05, 0) is 32.9 Å². The summed E-state index contributed by atoms with van der Waals surface area (Å²) >= 11 is 8.42. The molecule has 4 N–H and O–H groups in total. The summed E-state index contributed by atoms with van der Waals surface area (Å²) in [4.78, 5) is 49.6. The van der Waals surface area contributed by atoms with E-state index in [1.165, 1.54) is 16.7 Å². The molecule has 3 aliphatic rings. The standard InChI is InChI=1S/C25H26ClN7O5S2/c1-25(2,3)38-30-16(19-29-24(27)40-31-19)20(34)28-17-21(35)32-18(23(36)37)13(11-39-22(17)32)10-33(4)8-7-12-9-14(26)5-6-15(12)33/h5-9,17,22H,10-11H2,1-4H3,(H3-,27,28,29,31,34,36,37)/p+1/b30-16-/t17-,22-,33?/m1/s1. The van der Waals surface area contributed by atoms with E-state index >= 15 is 0 Å². The molecule has 40 heavy (non-hydrogen) atoms. The molecule has 0 aliphatic carbocycles. The second-order valence-electron chi connectivity index (χ2n) is 10.7. The highest BCUT2D eigenvalue weighted by Gasteiger charge is 2.55. The van der Waals surface area contributed by atoms with Crippen molar-refractivity contribution in [3.05, 3.63) is 52.1 Å². The molecule has 3 aliphatic heterocycles. The largest absolute Gasteiger partial charge is 0.477 e. The lowest BCUT2D eigenvalue weighted by Crippen LogP contribution is -2.71. The van der Waals surface area contributed by atoms with Crippen molar-refractivity contribution in [2.75, 3.05) is 25.1 Å². The number of thioether (sulfide) groups is 1. The smallest absolute Gasteiger partial charge is 0.352 e. The molecule has 0 saturated carbocycles. The van der Waals surface area contributed by atoms with Gasteiger partial charge in [0.05, 0.1) is 7.05 Å². The number of carboxylic acids is 1. The molecular formula is C25H27ClN7O5S2+. The fourth-order valence-corrected chi connectivity index (χ4v) is 6.65. The van der Waals surface area contributed by atoms with E-state index in [-0.39, 0.29) is 22.4 Å². The van der Waals surface area contributed by atoms with E-state index in [1.54, 1.807) is 26.8 Å². The van der Waals surface area contributed by atoms with Crippen molar-refractivity contribution in [3.8, 4) is 0 Å². The summed E-state index contributed by atoms with van der Waals surface area (Å²) in [5.41, 5.74) is 7.24. The minimum Gasteiger partial charge on any atom is -0.477 e. The number of quaternary nitrogens is 1. The average molecular weight is 605 g/mol. The summed E-state index contributed by atoms with van der Waals surface area (Å²) < 4.78 is 4.38. The van der Waals surface area contributed by atoms with E-state index in [9.17, 15) is 19.5 Å². The van der Waals surface area contributed by atoms with E-state index in [0.717, 1.165) is 22.8 Å². The Morgan fingerprint density at radius 3 is 2.77 bits per heavy atom. The third kappa shape index (κ3) is 5.19. The molecule has 2 aromatic rings. The van der Waals surface area contributed by atoms with E-state index in [1.807, 2.05) is 31.5 Å². The van der Waals surface area contributed by atoms with Crippen LogP contribution in [-0.4, -0.2) is 79.2 Å². The van der Waals surface area contributed by atoms with Gasteiger partial charge in [-0.25, -0.2) is 4.79 Å². The summed E-state index contributed by atoms with van der Waals surface area (Å²) in [5.74, 6) is -2.13. The minimum absolute atomic E-state index is 0.0326. The fraction of sp³-hybridized carbons (Fsp3) is 0.360. The van der Waals surface area contributed by atoms with Crippen LogP contribution in [-0.2, 0) is 19.2 Å². The molecule has 1 saturated heterocycles. The number of benzene rings is 1. The van der Waals surface area contributed by atoms with Crippen molar-refractivity contribution < 1.29 is 24.3 Å². The zero-order chi connectivity index (χ0) is 29.0. The van der Waals surface area contributed by atoms with Crippen LogP contribution in [0.1, 0.15) is 32.2 Å². The Kier molecular flexibility index (Phi) is 7.15. The fourth-order valence-electron chi connectivity index (χ4n) is 4.70. The quantitative estimate of drug-likeness (QED) is 0.187. The Morgan fingerprint density at radius 1 is 1.38 bits per heavy atom. The highest BCUT2D eigenvalue weighted by Crippen LogP contribution is 2.43. The first-order valence-electron chi connectivity index (χ1n) is 12.2. The van der Waals surface area contributed by atoms with Gasteiger partial charge in [-0.3, -0.25) is 19.0 Å². The molecule has 1 unspecified atom stereocenters. The number of carbonyl (C=O) groups is 3. The highest BCUT2D eigenvalue weighted by atomic mass is 35.5. The molecule has 5 rings (SSSR count). The SMILES string of the molecule is CC(C)(C)O/N=C(\C(=O)N[C@@H]1C(=O)N2C(C(=O)O)=C(C[N+]3(C)C=Cc4cc(Cl)ccc43)CS[C@H]12)c1nsc(N)n1. The lowest BCUT2D eigenvalue weighted by Gasteiger charge is -2.49. The molecule has 1 fully saturated rings. The van der Waals surface area contributed by atoms with Crippen LogP contribution >= 0.6 is 34.9 Å². The van der Waals surface area contributed by atoms with Gasteiger partial charge in [0.2, 0.25) is 11.5 Å². The molecule has 1 aromatic carbocycles. The summed E-state index contributed by atoms with van der Waals surface area (Å²) in [6.07, 6.45) is 3.93. The minimum atomic E-state index is -1.20. The molecule has 15 heteroatoms. The Morgan fingerprint density at radius 2 is 2.12 bits per heavy atom. The number of nitrogens with two attached hydrogens (primary N) is 1. The summed E-state index contributed by atoms with van der Waals surface area (Å²) in [6.45, 7) is 5.62. The number of carboxylic acid groups (broad SMARTS) is 1. The first-order valence-corrected chi connectivity index (χ1v) is 14.4. The zero-order valence-corrected chi connectivity index (χ0v) is 24.4. The van der Waals surface area contributed by atoms with Crippen molar-refractivity contribution >= 4 is 75.3 Å². The molecule has 0 radical (unpaired) electrons. The lowest BCUT2D eigenvalue weighted by molar-refractivity contribution is -0.150. The Balaban J connectivity index is 1.37. The predicted octanol–water partition coefficient (Wildman–Crippen LogP) is 2.65. The number of nitrogen functional groups attached to an aromatic ring is 1. The van der Waals surface area contributed by atoms with Crippen molar-refractivity contribution in [1.29, 1.82) is 0 Å². The van der Waals surface area contributed by atoms with E-state index in [2.05, 4.69) is 19.8 Å². The van der Waals surface area contributed by atoms with Gasteiger partial charge < -0.3 is 21.0 Å². The number of oxime groups is 1. The number of halogens is 1. The molecule has 4 heterocycles. The van der Waals surface area contributed by atoms with Crippen LogP contribution in [0, 0.1) is 0 Å². The number of aromatic nitrogens is 2. The maximum Gasteiger partial charge on any atom is 0.352 e. The first kappa shape index (κ1) is 28.1. The summed E-state index contributed by atoms with van der Waals surface area (Å²) in [5, 5.41) is 16.9. The number of amides is 2. The molecule has 0 bridgehead atoms. The highest BCUT2D eigenvalue weighted by molar-refractivity contribution is 8.00. The van der Waals surface area contributed by atoms with Crippen LogP contribution in [0.15, 0.2) is 40.8 Å². The number of anilines is 1. The Bertz CT molecular complexity index is 1510. The van der Waals surface area contributed by atoms with Gasteiger partial charge in [-0.1, -0.05) is 16.8 Å². The second kappa shape index (κ2) is 10.2. The number of rotatable bonds is 7. The summed E-state index contributed by atoms with van der Waals surface area (Å²) in [7, 11) is 1.97. The number of carbonyl (C=O) groups excluding carboxylic acids is 2. The zero-order valence-electron chi connectivity index (χ0n) is 22.0. The normalized spacial score (nSPS) is 24.0. The molecule has 3 atom stereocenters. The Labute approximate surface area is 243 Å². The molecule has 2 amide bonds. The predicted molar refractivity (Wildman–Crippen MR) is 154 cm³/mol. The molecule has 0 spiro atoms. The lowest BCUT2D eigenvalue weighted by atomic mass is 10.0. The van der Waals surface area contributed by atoms with Crippen molar-refractivity contribution in [3.63, 3.8) is 0 Å². The molecule has 1 aromatic heterocycles. The van der Waals surface area contributed by atoms with Crippen LogP contribution in [0.5, 0.6) is 0 Å². The number of fused-ring (bicyclic) bond motifs is 2. The third-order valence-corrected chi connectivity index (χ3v) is 8.58. The monoisotopic (exact) mass is 604 g/mol. The molecule has 210 valence electrons. The molecular weight excluding hydrogens is 578 g/mol. The summed E-state index contributed by atoms with van der Waals surface area (Å²) in [6, 6.07) is 4.61. The van der Waals surface area contributed by atoms with Gasteiger partial charge in [-0.2, -0.15) is 9.36 Å². The van der Waals surface area contributed by atoms with Gasteiger partial charge in [0.1, 0.15) is 41.1 Å². The number of β-lactam (4-membered cyclic amide) rings is 1. The van der Waals surface area contributed by atoms with Crippen molar-refractivity contribution in [1.82, 2.24) is 24.1 Å². The van der Waals surface area contributed by atoms with Gasteiger partial charge in [0.25, 0.3) is 11.8 Å². The van der Waals surface area contributed by atoms with Crippen LogP contribution in [0.2, 0.25) is 5.02 Å². The third-order valence-electron chi connectivity index (χ3n) is 6.46. The number of hydrogen-bond donors (Lipinski definition) is 3. The number of nitrogens with zero attached hydrogens (tertiary/aromatic N) is 5. The maximum atomic E-state index is 13.3. The number of hydrogen-bond acceptors (Lipinski definition) is 10. The maximum absolute atomic E-state index is 13.3. The Hall–Kier alpha value is -3.46. The topological polar surface area (TPSA) is 160 Å². The van der Waals surface area contributed by atoms with E-state index in [4.69, 9.17) is 22.2 Å².